The van der Waals surface area contributed by atoms with E-state index >= 15 is 0 Å². The summed E-state index contributed by atoms with van der Waals surface area (Å²) >= 11 is 1.11. The maximum atomic E-state index is 13.6. The van der Waals surface area contributed by atoms with Crippen LogP contribution in [0.3, 0.4) is 0 Å². The highest BCUT2D eigenvalue weighted by atomic mass is 32.2. The highest BCUT2D eigenvalue weighted by Crippen LogP contribution is 2.38. The third kappa shape index (κ3) is 4.10. The summed E-state index contributed by atoms with van der Waals surface area (Å²) in [4.78, 5) is 27.2. The van der Waals surface area contributed by atoms with Crippen LogP contribution in [0.4, 0.5) is 10.1 Å². The molecule has 1 heterocycles. The van der Waals surface area contributed by atoms with Crippen molar-refractivity contribution in [1.82, 2.24) is 0 Å². The smallest absolute Gasteiger partial charge is 0.272 e. The Bertz CT molecular complexity index is 911. The Balaban J connectivity index is 1.98. The third-order valence-electron chi connectivity index (χ3n) is 4.06. The van der Waals surface area contributed by atoms with Crippen LogP contribution in [0.25, 0.3) is 5.57 Å². The minimum absolute atomic E-state index is 0.132. The number of anilines is 1. The van der Waals surface area contributed by atoms with Crippen molar-refractivity contribution in [1.29, 1.82) is 0 Å². The standard InChI is InChI=1S/C21H20FNO4S/c1-2-11-27-17-8-6-14(7-9-17)18-19(28-12-10-24)21(26)23(20(18)25)16-5-3-4-15(22)13-16/h3-9,13,24H,2,10-12H2,1H3. The number of aliphatic hydroxyl groups excluding tert-OH is 1. The number of carbonyl (C=O) groups excluding carboxylic acids is 2. The van der Waals surface area contributed by atoms with Gasteiger partial charge in [0.2, 0.25) is 0 Å². The molecule has 1 aliphatic rings. The van der Waals surface area contributed by atoms with Gasteiger partial charge in [-0.25, -0.2) is 9.29 Å². The fraction of sp³-hybridized carbons (Fsp3) is 0.238. The minimum atomic E-state index is -0.534. The highest BCUT2D eigenvalue weighted by Gasteiger charge is 2.40. The van der Waals surface area contributed by atoms with E-state index in [2.05, 4.69) is 0 Å². The second kappa shape index (κ2) is 9.03. The topological polar surface area (TPSA) is 66.8 Å². The Hall–Kier alpha value is -2.64. The minimum Gasteiger partial charge on any atom is -0.494 e. The number of nitrogens with zero attached hydrogens (tertiary/aromatic N) is 1. The molecule has 0 radical (unpaired) electrons. The van der Waals surface area contributed by atoms with Crippen LogP contribution in [-0.2, 0) is 9.59 Å². The van der Waals surface area contributed by atoms with E-state index < -0.39 is 17.6 Å². The molecule has 0 aromatic heterocycles. The molecule has 2 aromatic rings. The predicted molar refractivity (Wildman–Crippen MR) is 108 cm³/mol. The number of carbonyl (C=O) groups is 2. The van der Waals surface area contributed by atoms with Gasteiger partial charge in [0.05, 0.1) is 29.4 Å². The molecule has 0 fully saturated rings. The number of rotatable bonds is 8. The van der Waals surface area contributed by atoms with Crippen LogP contribution in [0.5, 0.6) is 5.75 Å². The quantitative estimate of drug-likeness (QED) is 0.685. The Morgan fingerprint density at radius 3 is 2.50 bits per heavy atom. The third-order valence-corrected chi connectivity index (χ3v) is 5.12. The molecule has 0 atom stereocenters. The average Bonchev–Trinajstić information content (AvgIpc) is 2.94. The van der Waals surface area contributed by atoms with Gasteiger partial charge in [-0.15, -0.1) is 11.8 Å². The van der Waals surface area contributed by atoms with Gasteiger partial charge in [-0.1, -0.05) is 25.1 Å². The van der Waals surface area contributed by atoms with Crippen LogP contribution >= 0.6 is 11.8 Å². The van der Waals surface area contributed by atoms with Crippen LogP contribution in [-0.4, -0.2) is 35.9 Å². The van der Waals surface area contributed by atoms with Crippen LogP contribution in [0.15, 0.2) is 53.4 Å². The molecule has 0 bridgehead atoms. The fourth-order valence-corrected chi connectivity index (χ4v) is 3.69. The number of amides is 2. The fourth-order valence-electron chi connectivity index (χ4n) is 2.83. The van der Waals surface area contributed by atoms with Crippen molar-refractivity contribution in [2.75, 3.05) is 23.9 Å². The first kappa shape index (κ1) is 20.1. The Morgan fingerprint density at radius 2 is 1.86 bits per heavy atom. The molecule has 1 aliphatic heterocycles. The zero-order valence-corrected chi connectivity index (χ0v) is 16.2. The van der Waals surface area contributed by atoms with Crippen LogP contribution in [0.2, 0.25) is 0 Å². The molecule has 0 saturated heterocycles. The molecule has 0 saturated carbocycles. The molecule has 7 heteroatoms. The zero-order chi connectivity index (χ0) is 20.1. The first-order valence-electron chi connectivity index (χ1n) is 8.92. The van der Waals surface area contributed by atoms with Gasteiger partial charge < -0.3 is 9.84 Å². The molecule has 0 spiro atoms. The lowest BCUT2D eigenvalue weighted by atomic mass is 10.1. The van der Waals surface area contributed by atoms with Gasteiger partial charge in [0.15, 0.2) is 0 Å². The maximum absolute atomic E-state index is 13.6. The molecule has 2 aromatic carbocycles. The van der Waals surface area contributed by atoms with E-state index in [1.165, 1.54) is 18.2 Å². The summed E-state index contributed by atoms with van der Waals surface area (Å²) in [5.41, 5.74) is 0.992. The first-order chi connectivity index (χ1) is 13.6. The Kier molecular flexibility index (Phi) is 6.49. The van der Waals surface area contributed by atoms with Gasteiger partial charge in [-0.3, -0.25) is 9.59 Å². The van der Waals surface area contributed by atoms with Crippen LogP contribution in [0, 0.1) is 5.82 Å². The van der Waals surface area contributed by atoms with E-state index in [0.717, 1.165) is 29.1 Å². The lowest BCUT2D eigenvalue weighted by molar-refractivity contribution is -0.119. The molecule has 2 amide bonds. The molecule has 0 unspecified atom stereocenters. The number of hydrogen-bond acceptors (Lipinski definition) is 5. The lowest BCUT2D eigenvalue weighted by Gasteiger charge is -2.15. The predicted octanol–water partition coefficient (Wildman–Crippen LogP) is 3.62. The number of hydrogen-bond donors (Lipinski definition) is 1. The number of benzene rings is 2. The molecule has 5 nitrogen and oxygen atoms in total. The number of halogens is 1. The van der Waals surface area contributed by atoms with E-state index in [9.17, 15) is 14.0 Å². The van der Waals surface area contributed by atoms with Crippen molar-refractivity contribution in [3.8, 4) is 5.75 Å². The van der Waals surface area contributed by atoms with E-state index in [-0.39, 0.29) is 28.5 Å². The second-order valence-electron chi connectivity index (χ2n) is 6.07. The lowest BCUT2D eigenvalue weighted by Crippen LogP contribution is -2.31. The molecule has 146 valence electrons. The molecular formula is C21H20FNO4S. The van der Waals surface area contributed by atoms with Crippen molar-refractivity contribution < 1.29 is 23.8 Å². The monoisotopic (exact) mass is 401 g/mol. The maximum Gasteiger partial charge on any atom is 0.272 e. The van der Waals surface area contributed by atoms with Crippen molar-refractivity contribution in [2.24, 2.45) is 0 Å². The average molecular weight is 401 g/mol. The van der Waals surface area contributed by atoms with Crippen LogP contribution < -0.4 is 9.64 Å². The summed E-state index contributed by atoms with van der Waals surface area (Å²) in [6.45, 7) is 2.46. The molecule has 1 N–H and O–H groups in total. The van der Waals surface area contributed by atoms with Gasteiger partial charge in [-0.2, -0.15) is 0 Å². The summed E-state index contributed by atoms with van der Waals surface area (Å²) in [6, 6.07) is 12.3. The van der Waals surface area contributed by atoms with Crippen molar-refractivity contribution in [3.05, 3.63) is 64.8 Å². The van der Waals surface area contributed by atoms with Gasteiger partial charge in [0.1, 0.15) is 11.6 Å². The zero-order valence-electron chi connectivity index (χ0n) is 15.4. The van der Waals surface area contributed by atoms with Crippen molar-refractivity contribution in [3.63, 3.8) is 0 Å². The summed E-state index contributed by atoms with van der Waals surface area (Å²) in [6.07, 6.45) is 0.879. The number of aliphatic hydroxyl groups is 1. The largest absolute Gasteiger partial charge is 0.494 e. The highest BCUT2D eigenvalue weighted by molar-refractivity contribution is 8.04. The van der Waals surface area contributed by atoms with E-state index in [1.807, 2.05) is 6.92 Å². The molecule has 3 rings (SSSR count). The summed E-state index contributed by atoms with van der Waals surface area (Å²) < 4.78 is 19.2. The summed E-state index contributed by atoms with van der Waals surface area (Å²) in [5.74, 6) is -0.622. The number of thioether (sulfide) groups is 1. The second-order valence-corrected chi connectivity index (χ2v) is 7.18. The van der Waals surface area contributed by atoms with E-state index in [0.29, 0.717) is 17.9 Å². The first-order valence-corrected chi connectivity index (χ1v) is 9.91. The molecule has 28 heavy (non-hydrogen) atoms. The van der Waals surface area contributed by atoms with Gasteiger partial charge >= 0.3 is 0 Å². The molecular weight excluding hydrogens is 381 g/mol. The van der Waals surface area contributed by atoms with Crippen molar-refractivity contribution in [2.45, 2.75) is 13.3 Å². The van der Waals surface area contributed by atoms with E-state index in [4.69, 9.17) is 9.84 Å². The number of ether oxygens (including phenoxy) is 1. The normalized spacial score (nSPS) is 14.2. The van der Waals surface area contributed by atoms with Gasteiger partial charge in [0.25, 0.3) is 11.8 Å². The summed E-state index contributed by atoms with van der Waals surface area (Å²) in [7, 11) is 0. The van der Waals surface area contributed by atoms with Gasteiger partial charge in [-0.05, 0) is 42.3 Å². The number of imide groups is 1. The Morgan fingerprint density at radius 1 is 1.11 bits per heavy atom. The SMILES string of the molecule is CCCOc1ccc(C2=C(SCCO)C(=O)N(c3cccc(F)c3)C2=O)cc1. The summed E-state index contributed by atoms with van der Waals surface area (Å²) in [5, 5.41) is 9.15. The van der Waals surface area contributed by atoms with Crippen LogP contribution in [0.1, 0.15) is 18.9 Å². The van der Waals surface area contributed by atoms with Crippen molar-refractivity contribution >= 4 is 34.8 Å². The molecule has 0 aliphatic carbocycles. The van der Waals surface area contributed by atoms with Gasteiger partial charge in [0, 0.05) is 5.75 Å². The van der Waals surface area contributed by atoms with E-state index in [1.54, 1.807) is 24.3 Å². The Labute approximate surface area is 166 Å².